The maximum absolute atomic E-state index is 12.5. The minimum absolute atomic E-state index is 0.0401. The number of sulfonamides is 1. The molecule has 0 aliphatic carbocycles. The summed E-state index contributed by atoms with van der Waals surface area (Å²) in [5.41, 5.74) is 0.555. The lowest BCUT2D eigenvalue weighted by Gasteiger charge is -2.33. The predicted molar refractivity (Wildman–Crippen MR) is 109 cm³/mol. The molecule has 1 aliphatic rings. The number of benzene rings is 1. The van der Waals surface area contributed by atoms with Crippen molar-refractivity contribution >= 4 is 27.6 Å². The molecule has 9 heteroatoms. The number of anilines is 1. The number of amides is 3. The van der Waals surface area contributed by atoms with Crippen LogP contribution in [0.2, 0.25) is 0 Å². The van der Waals surface area contributed by atoms with Gasteiger partial charge in [0.1, 0.15) is 0 Å². The molecule has 0 bridgehead atoms. The van der Waals surface area contributed by atoms with Crippen LogP contribution in [0.1, 0.15) is 33.1 Å². The number of piperidine rings is 1. The maximum Gasteiger partial charge on any atom is 0.319 e. The number of rotatable bonds is 6. The van der Waals surface area contributed by atoms with Gasteiger partial charge in [-0.15, -0.1) is 0 Å². The largest absolute Gasteiger partial charge is 0.331 e. The van der Waals surface area contributed by atoms with Gasteiger partial charge in [-0.3, -0.25) is 4.79 Å². The highest BCUT2D eigenvalue weighted by atomic mass is 32.2. The van der Waals surface area contributed by atoms with Gasteiger partial charge >= 0.3 is 6.03 Å². The summed E-state index contributed by atoms with van der Waals surface area (Å²) in [6.07, 6.45) is 1.92. The summed E-state index contributed by atoms with van der Waals surface area (Å²) in [5.74, 6) is -0.271. The lowest BCUT2D eigenvalue weighted by Crippen LogP contribution is -2.45. The van der Waals surface area contributed by atoms with E-state index in [-0.39, 0.29) is 28.8 Å². The monoisotopic (exact) mass is 410 g/mol. The van der Waals surface area contributed by atoms with Crippen LogP contribution in [0.5, 0.6) is 0 Å². The highest BCUT2D eigenvalue weighted by molar-refractivity contribution is 7.89. The number of hydrogen-bond donors (Lipinski definition) is 2. The van der Waals surface area contributed by atoms with Gasteiger partial charge in [0.25, 0.3) is 0 Å². The summed E-state index contributed by atoms with van der Waals surface area (Å²) in [4.78, 5) is 27.9. The molecule has 28 heavy (non-hydrogen) atoms. The SMILES string of the molecule is CC[C@@H](C)NS(=O)(=O)c1ccc(NC(=O)C2CCN(C(=O)N(C)C)CC2)cc1. The summed E-state index contributed by atoms with van der Waals surface area (Å²) < 4.78 is 27.2. The van der Waals surface area contributed by atoms with E-state index in [1.807, 2.05) is 13.8 Å². The first kappa shape index (κ1) is 22.2. The van der Waals surface area contributed by atoms with Crippen LogP contribution in [0.3, 0.4) is 0 Å². The second-order valence-electron chi connectivity index (χ2n) is 7.38. The van der Waals surface area contributed by atoms with E-state index in [9.17, 15) is 18.0 Å². The predicted octanol–water partition coefficient (Wildman–Crippen LogP) is 2.10. The summed E-state index contributed by atoms with van der Waals surface area (Å²) in [7, 11) is -0.139. The third-order valence-corrected chi connectivity index (χ3v) is 6.53. The van der Waals surface area contributed by atoms with Crippen LogP contribution in [0.25, 0.3) is 0 Å². The molecule has 1 aromatic carbocycles. The molecule has 1 heterocycles. The fourth-order valence-electron chi connectivity index (χ4n) is 2.99. The Morgan fingerprint density at radius 1 is 1.18 bits per heavy atom. The molecule has 2 rings (SSSR count). The zero-order valence-electron chi connectivity index (χ0n) is 16.9. The summed E-state index contributed by atoms with van der Waals surface area (Å²) >= 11 is 0. The Kier molecular flexibility index (Phi) is 7.42. The molecule has 1 aromatic rings. The van der Waals surface area contributed by atoms with Crippen molar-refractivity contribution in [1.29, 1.82) is 0 Å². The minimum Gasteiger partial charge on any atom is -0.331 e. The number of urea groups is 1. The zero-order chi connectivity index (χ0) is 20.9. The third-order valence-electron chi connectivity index (χ3n) is 4.92. The van der Waals surface area contributed by atoms with Crippen molar-refractivity contribution in [1.82, 2.24) is 14.5 Å². The van der Waals surface area contributed by atoms with E-state index in [1.54, 1.807) is 31.1 Å². The molecular formula is C19H30N4O4S. The van der Waals surface area contributed by atoms with Gasteiger partial charge in [0.15, 0.2) is 0 Å². The van der Waals surface area contributed by atoms with E-state index in [2.05, 4.69) is 10.0 Å². The lowest BCUT2D eigenvalue weighted by atomic mass is 9.96. The highest BCUT2D eigenvalue weighted by Crippen LogP contribution is 2.21. The normalized spacial score (nSPS) is 16.5. The quantitative estimate of drug-likeness (QED) is 0.750. The molecule has 1 atom stereocenters. The molecule has 1 fully saturated rings. The average molecular weight is 411 g/mol. The smallest absolute Gasteiger partial charge is 0.319 e. The Morgan fingerprint density at radius 2 is 1.75 bits per heavy atom. The third kappa shape index (κ3) is 5.68. The van der Waals surface area contributed by atoms with Crippen LogP contribution >= 0.6 is 0 Å². The number of hydrogen-bond acceptors (Lipinski definition) is 4. The van der Waals surface area contributed by atoms with Crippen LogP contribution in [-0.4, -0.2) is 63.4 Å². The van der Waals surface area contributed by atoms with Crippen molar-refractivity contribution in [3.63, 3.8) is 0 Å². The van der Waals surface area contributed by atoms with E-state index in [0.29, 0.717) is 38.0 Å². The molecule has 0 unspecified atom stereocenters. The lowest BCUT2D eigenvalue weighted by molar-refractivity contribution is -0.121. The van der Waals surface area contributed by atoms with E-state index in [0.717, 1.165) is 0 Å². The van der Waals surface area contributed by atoms with Crippen LogP contribution < -0.4 is 10.0 Å². The molecule has 2 N–H and O–H groups in total. The first-order chi connectivity index (χ1) is 13.1. The minimum atomic E-state index is -3.56. The maximum atomic E-state index is 12.5. The van der Waals surface area contributed by atoms with Gasteiger partial charge in [0, 0.05) is 44.8 Å². The van der Waals surface area contributed by atoms with Crippen molar-refractivity contribution in [2.24, 2.45) is 5.92 Å². The second kappa shape index (κ2) is 9.38. The Labute approximate surface area is 167 Å². The van der Waals surface area contributed by atoms with E-state index in [4.69, 9.17) is 0 Å². The van der Waals surface area contributed by atoms with Crippen molar-refractivity contribution in [2.75, 3.05) is 32.5 Å². The molecular weight excluding hydrogens is 380 g/mol. The van der Waals surface area contributed by atoms with Crippen LogP contribution in [-0.2, 0) is 14.8 Å². The Hall–Kier alpha value is -2.13. The standard InChI is InChI=1S/C19H30N4O4S/c1-5-14(2)21-28(26,27)17-8-6-16(7-9-17)20-18(24)15-10-12-23(13-11-15)19(25)22(3)4/h6-9,14-15,21H,5,10-13H2,1-4H3,(H,20,24)/t14-/m1/s1. The van der Waals surface area contributed by atoms with Crippen molar-refractivity contribution in [2.45, 2.75) is 44.0 Å². The van der Waals surface area contributed by atoms with E-state index in [1.165, 1.54) is 17.0 Å². The molecule has 156 valence electrons. The Morgan fingerprint density at radius 3 is 2.25 bits per heavy atom. The molecule has 1 saturated heterocycles. The van der Waals surface area contributed by atoms with Crippen molar-refractivity contribution in [3.8, 4) is 0 Å². The van der Waals surface area contributed by atoms with Crippen LogP contribution in [0, 0.1) is 5.92 Å². The van der Waals surface area contributed by atoms with Crippen LogP contribution in [0.4, 0.5) is 10.5 Å². The molecule has 8 nitrogen and oxygen atoms in total. The van der Waals surface area contributed by atoms with Gasteiger partial charge in [0.2, 0.25) is 15.9 Å². The Bertz CT molecular complexity index is 785. The van der Waals surface area contributed by atoms with Gasteiger partial charge in [-0.2, -0.15) is 0 Å². The summed E-state index contributed by atoms with van der Waals surface area (Å²) in [5, 5.41) is 2.84. The first-order valence-electron chi connectivity index (χ1n) is 9.53. The number of nitrogens with one attached hydrogen (secondary N) is 2. The molecule has 0 saturated carbocycles. The number of nitrogens with zero attached hydrogens (tertiary/aromatic N) is 2. The number of carbonyl (C=O) groups is 2. The van der Waals surface area contributed by atoms with Gasteiger partial charge in [-0.25, -0.2) is 17.9 Å². The summed E-state index contributed by atoms with van der Waals surface area (Å²) in [6.45, 7) is 4.82. The fraction of sp³-hybridized carbons (Fsp3) is 0.579. The topological polar surface area (TPSA) is 98.8 Å². The zero-order valence-corrected chi connectivity index (χ0v) is 17.8. The van der Waals surface area contributed by atoms with Crippen molar-refractivity contribution < 1.29 is 18.0 Å². The average Bonchev–Trinajstić information content (AvgIpc) is 2.67. The van der Waals surface area contributed by atoms with Crippen molar-refractivity contribution in [3.05, 3.63) is 24.3 Å². The molecule has 1 aliphatic heterocycles. The molecule has 3 amide bonds. The summed E-state index contributed by atoms with van der Waals surface area (Å²) in [6, 6.07) is 5.97. The molecule has 0 spiro atoms. The molecule has 0 aromatic heterocycles. The number of carbonyl (C=O) groups excluding carboxylic acids is 2. The van der Waals surface area contributed by atoms with Gasteiger partial charge in [0.05, 0.1) is 4.90 Å². The van der Waals surface area contributed by atoms with Gasteiger partial charge in [-0.1, -0.05) is 6.92 Å². The highest BCUT2D eigenvalue weighted by Gasteiger charge is 2.28. The number of likely N-dealkylation sites (tertiary alicyclic amines) is 1. The molecule has 0 radical (unpaired) electrons. The first-order valence-corrected chi connectivity index (χ1v) is 11.0. The van der Waals surface area contributed by atoms with Gasteiger partial charge < -0.3 is 15.1 Å². The second-order valence-corrected chi connectivity index (χ2v) is 9.10. The fourth-order valence-corrected chi connectivity index (χ4v) is 4.32. The Balaban J connectivity index is 1.92. The van der Waals surface area contributed by atoms with E-state index >= 15 is 0 Å². The van der Waals surface area contributed by atoms with E-state index < -0.39 is 10.0 Å². The van der Waals surface area contributed by atoms with Crippen LogP contribution in [0.15, 0.2) is 29.2 Å². The van der Waals surface area contributed by atoms with Gasteiger partial charge in [-0.05, 0) is 50.5 Å².